The van der Waals surface area contributed by atoms with E-state index in [0.717, 1.165) is 70.2 Å². The van der Waals surface area contributed by atoms with Crippen LogP contribution >= 0.6 is 24.0 Å². The van der Waals surface area contributed by atoms with E-state index in [9.17, 15) is 4.39 Å². The van der Waals surface area contributed by atoms with Gasteiger partial charge in [0.05, 0.1) is 0 Å². The Kier molecular flexibility index (Phi) is 8.95. The summed E-state index contributed by atoms with van der Waals surface area (Å²) in [6, 6.07) is 7.61. The number of aliphatic imine (C=N–C) groups is 1. The number of likely N-dealkylation sites (N-methyl/N-ethyl adjacent to an activating group) is 1. The molecule has 3 rings (SSSR count). The van der Waals surface area contributed by atoms with Crippen molar-refractivity contribution in [2.75, 3.05) is 52.9 Å². The van der Waals surface area contributed by atoms with Gasteiger partial charge in [0.2, 0.25) is 0 Å². The Hall–Kier alpha value is -0.930. The van der Waals surface area contributed by atoms with Gasteiger partial charge in [-0.05, 0) is 37.9 Å². The maximum atomic E-state index is 14.2. The Morgan fingerprint density at radius 1 is 1.18 bits per heavy atom. The summed E-state index contributed by atoms with van der Waals surface area (Å²) in [7, 11) is 1.79. The Morgan fingerprint density at radius 3 is 2.43 bits per heavy atom. The second kappa shape index (κ2) is 10.7. The van der Waals surface area contributed by atoms with Gasteiger partial charge >= 0.3 is 0 Å². The molecule has 2 aliphatic rings. The summed E-state index contributed by atoms with van der Waals surface area (Å²) >= 11 is 0. The van der Waals surface area contributed by atoms with E-state index in [1.54, 1.807) is 19.2 Å². The molecule has 2 N–H and O–H groups in total. The van der Waals surface area contributed by atoms with Crippen molar-refractivity contribution in [2.45, 2.75) is 38.1 Å². The number of hydrogen-bond acceptors (Lipinski definition) is 3. The molecule has 0 amide bonds. The van der Waals surface area contributed by atoms with Crippen molar-refractivity contribution >= 4 is 29.9 Å². The fourth-order valence-electron chi connectivity index (χ4n) is 3.95. The van der Waals surface area contributed by atoms with Gasteiger partial charge in [0, 0.05) is 57.8 Å². The highest BCUT2D eigenvalue weighted by Gasteiger charge is 2.45. The van der Waals surface area contributed by atoms with E-state index >= 15 is 0 Å². The Labute approximate surface area is 186 Å². The minimum absolute atomic E-state index is 0. The van der Waals surface area contributed by atoms with Gasteiger partial charge in [-0.1, -0.05) is 25.1 Å². The molecule has 7 heteroatoms. The molecule has 0 spiro atoms. The molecule has 1 saturated heterocycles. The van der Waals surface area contributed by atoms with Crippen molar-refractivity contribution in [1.29, 1.82) is 0 Å². The van der Waals surface area contributed by atoms with E-state index in [0.29, 0.717) is 6.04 Å². The van der Waals surface area contributed by atoms with Crippen LogP contribution in [0.1, 0.15) is 32.3 Å². The van der Waals surface area contributed by atoms with Crippen molar-refractivity contribution in [2.24, 2.45) is 4.99 Å². The minimum atomic E-state index is -0.0976. The van der Waals surface area contributed by atoms with Gasteiger partial charge in [0.1, 0.15) is 5.82 Å². The minimum Gasteiger partial charge on any atom is -0.356 e. The summed E-state index contributed by atoms with van der Waals surface area (Å²) in [4.78, 5) is 9.38. The standard InChI is InChI=1S/C21H34FN5.HI/c1-4-26-11-13-27(14-12-26)17(2)15-24-20(23-3)25-16-21(9-10-21)18-7-5-6-8-19(18)22;/h5-8,17H,4,9-16H2,1-3H3,(H2,23,24,25);1H. The maximum absolute atomic E-state index is 14.2. The number of guanidine groups is 1. The third kappa shape index (κ3) is 5.79. The van der Waals surface area contributed by atoms with Crippen molar-refractivity contribution in [3.05, 3.63) is 35.6 Å². The van der Waals surface area contributed by atoms with E-state index < -0.39 is 0 Å². The summed E-state index contributed by atoms with van der Waals surface area (Å²) < 4.78 is 14.2. The first-order valence-corrected chi connectivity index (χ1v) is 10.2. The summed E-state index contributed by atoms with van der Waals surface area (Å²) in [5, 5.41) is 6.87. The van der Waals surface area contributed by atoms with Gasteiger partial charge in [-0.15, -0.1) is 24.0 Å². The van der Waals surface area contributed by atoms with E-state index in [1.165, 1.54) is 0 Å². The van der Waals surface area contributed by atoms with Crippen LogP contribution in [0.4, 0.5) is 4.39 Å². The predicted octanol–water partition coefficient (Wildman–Crippen LogP) is 2.67. The average molecular weight is 503 g/mol. The molecule has 1 aromatic rings. The molecule has 0 radical (unpaired) electrons. The van der Waals surface area contributed by atoms with Crippen LogP contribution in [0.3, 0.4) is 0 Å². The molecule has 1 heterocycles. The molecule has 28 heavy (non-hydrogen) atoms. The van der Waals surface area contributed by atoms with Crippen LogP contribution < -0.4 is 10.6 Å². The number of piperazine rings is 1. The zero-order valence-corrected chi connectivity index (χ0v) is 19.7. The number of halogens is 2. The zero-order chi connectivity index (χ0) is 19.3. The van der Waals surface area contributed by atoms with Crippen LogP contribution in [0.15, 0.2) is 29.3 Å². The highest BCUT2D eigenvalue weighted by Crippen LogP contribution is 2.48. The van der Waals surface area contributed by atoms with Crippen molar-refractivity contribution < 1.29 is 4.39 Å². The number of benzene rings is 1. The van der Waals surface area contributed by atoms with Gasteiger partial charge < -0.3 is 15.5 Å². The zero-order valence-electron chi connectivity index (χ0n) is 17.4. The largest absolute Gasteiger partial charge is 0.356 e. The van der Waals surface area contributed by atoms with Gasteiger partial charge in [-0.2, -0.15) is 0 Å². The first-order valence-electron chi connectivity index (χ1n) is 10.2. The Bertz CT molecular complexity index is 641. The van der Waals surface area contributed by atoms with Gasteiger partial charge in [0.15, 0.2) is 5.96 Å². The Morgan fingerprint density at radius 2 is 1.86 bits per heavy atom. The van der Waals surface area contributed by atoms with E-state index in [2.05, 4.69) is 39.3 Å². The predicted molar refractivity (Wildman–Crippen MR) is 125 cm³/mol. The molecular weight excluding hydrogens is 468 g/mol. The lowest BCUT2D eigenvalue weighted by atomic mass is 9.95. The fraction of sp³-hybridized carbons (Fsp3) is 0.667. The van der Waals surface area contributed by atoms with Gasteiger partial charge in [-0.25, -0.2) is 4.39 Å². The third-order valence-corrected chi connectivity index (χ3v) is 6.16. The molecule has 1 aliphatic carbocycles. The molecule has 2 fully saturated rings. The van der Waals surface area contributed by atoms with E-state index in [4.69, 9.17) is 0 Å². The molecule has 1 atom stereocenters. The quantitative estimate of drug-likeness (QED) is 0.341. The number of nitrogens with one attached hydrogen (secondary N) is 2. The summed E-state index contributed by atoms with van der Waals surface area (Å²) in [6.45, 7) is 11.8. The monoisotopic (exact) mass is 503 g/mol. The van der Waals surface area contributed by atoms with Crippen LogP contribution in [-0.4, -0.2) is 74.7 Å². The molecular formula is C21H35FIN5. The van der Waals surface area contributed by atoms with Crippen LogP contribution in [0.2, 0.25) is 0 Å². The molecule has 5 nitrogen and oxygen atoms in total. The molecule has 1 saturated carbocycles. The average Bonchev–Trinajstić information content (AvgIpc) is 3.49. The van der Waals surface area contributed by atoms with Crippen molar-refractivity contribution in [3.63, 3.8) is 0 Å². The lowest BCUT2D eigenvalue weighted by molar-refractivity contribution is 0.107. The molecule has 0 bridgehead atoms. The SMILES string of the molecule is CCN1CCN(C(C)CNC(=NC)NCC2(c3ccccc3F)CC2)CC1.I. The first-order chi connectivity index (χ1) is 13.1. The second-order valence-electron chi connectivity index (χ2n) is 7.89. The highest BCUT2D eigenvalue weighted by atomic mass is 127. The van der Waals surface area contributed by atoms with E-state index in [-0.39, 0.29) is 35.2 Å². The van der Waals surface area contributed by atoms with Gasteiger partial charge in [0.25, 0.3) is 0 Å². The molecule has 158 valence electrons. The lowest BCUT2D eigenvalue weighted by Gasteiger charge is -2.37. The summed E-state index contributed by atoms with van der Waals surface area (Å²) in [5.74, 6) is 0.705. The smallest absolute Gasteiger partial charge is 0.191 e. The molecule has 0 aromatic heterocycles. The lowest BCUT2D eigenvalue weighted by Crippen LogP contribution is -2.53. The number of nitrogens with zero attached hydrogens (tertiary/aromatic N) is 3. The fourth-order valence-corrected chi connectivity index (χ4v) is 3.95. The van der Waals surface area contributed by atoms with Crippen molar-refractivity contribution in [3.8, 4) is 0 Å². The normalized spacial score (nSPS) is 20.9. The number of rotatable bonds is 7. The second-order valence-corrected chi connectivity index (χ2v) is 7.89. The van der Waals surface area contributed by atoms with Gasteiger partial charge in [-0.3, -0.25) is 9.89 Å². The molecule has 1 aliphatic heterocycles. The summed E-state index contributed by atoms with van der Waals surface area (Å²) in [6.07, 6.45) is 2.05. The van der Waals surface area contributed by atoms with Crippen LogP contribution in [0.5, 0.6) is 0 Å². The van der Waals surface area contributed by atoms with Crippen LogP contribution in [0.25, 0.3) is 0 Å². The maximum Gasteiger partial charge on any atom is 0.191 e. The highest BCUT2D eigenvalue weighted by molar-refractivity contribution is 14.0. The van der Waals surface area contributed by atoms with Crippen LogP contribution in [-0.2, 0) is 5.41 Å². The first kappa shape index (κ1) is 23.3. The Balaban J connectivity index is 0.00000280. The molecule has 1 aromatic carbocycles. The molecule has 1 unspecified atom stereocenters. The van der Waals surface area contributed by atoms with Crippen molar-refractivity contribution in [1.82, 2.24) is 20.4 Å². The third-order valence-electron chi connectivity index (χ3n) is 6.16. The van der Waals surface area contributed by atoms with E-state index in [1.807, 2.05) is 12.1 Å². The number of hydrogen-bond donors (Lipinski definition) is 2. The summed E-state index contributed by atoms with van der Waals surface area (Å²) in [5.41, 5.74) is 0.750. The topological polar surface area (TPSA) is 42.9 Å². The van der Waals surface area contributed by atoms with Crippen LogP contribution in [0, 0.1) is 5.82 Å².